The minimum atomic E-state index is -3.95. The maximum Gasteiger partial charge on any atom is 0.264 e. The molecule has 0 heterocycles. The van der Waals surface area contributed by atoms with Gasteiger partial charge < -0.3 is 5.32 Å². The Morgan fingerprint density at radius 3 is 2.18 bits per heavy atom. The zero-order valence-corrected chi connectivity index (χ0v) is 22.3. The number of benzene rings is 4. The van der Waals surface area contributed by atoms with E-state index in [1.165, 1.54) is 28.3 Å². The van der Waals surface area contributed by atoms with E-state index in [0.29, 0.717) is 11.3 Å². The van der Waals surface area contributed by atoms with Gasteiger partial charge in [0, 0.05) is 0 Å². The summed E-state index contributed by atoms with van der Waals surface area (Å²) >= 11 is 0. The molecule has 0 unspecified atom stereocenters. The SMILES string of the molecule is C[C@@H](NC(=O)c1ccccc1N(Cc1ccccc1)S(=O)(=O)c1ccccc1)c1ccc2c(c1)CCCC2. The first-order valence-electron chi connectivity index (χ1n) is 13.1. The Hall–Kier alpha value is -3.90. The van der Waals surface area contributed by atoms with Gasteiger partial charge >= 0.3 is 0 Å². The van der Waals surface area contributed by atoms with Crippen molar-refractivity contribution in [2.45, 2.75) is 50.1 Å². The van der Waals surface area contributed by atoms with Gasteiger partial charge in [-0.1, -0.05) is 78.9 Å². The van der Waals surface area contributed by atoms with E-state index in [0.717, 1.165) is 24.0 Å². The Morgan fingerprint density at radius 2 is 1.45 bits per heavy atom. The van der Waals surface area contributed by atoms with Crippen molar-refractivity contribution in [2.75, 3.05) is 4.31 Å². The van der Waals surface area contributed by atoms with Crippen LogP contribution in [0.2, 0.25) is 0 Å². The molecular weight excluding hydrogens is 492 g/mol. The zero-order valence-electron chi connectivity index (χ0n) is 21.5. The van der Waals surface area contributed by atoms with Gasteiger partial charge in [0.15, 0.2) is 0 Å². The average molecular weight is 525 g/mol. The molecule has 0 radical (unpaired) electrons. The number of hydrogen-bond acceptors (Lipinski definition) is 3. The Kier molecular flexibility index (Phi) is 7.61. The standard InChI is InChI=1S/C32H32N2O3S/c1-24(27-21-20-26-14-8-9-15-28(26)22-27)33-32(35)30-18-10-11-19-31(30)34(23-25-12-4-2-5-13-25)38(36,37)29-16-6-3-7-17-29/h2-7,10-13,16-22,24H,8-9,14-15,23H2,1H3,(H,33,35)/t24-/m1/s1. The number of sulfonamides is 1. The van der Waals surface area contributed by atoms with Crippen LogP contribution in [0.4, 0.5) is 5.69 Å². The molecule has 0 saturated heterocycles. The fourth-order valence-electron chi connectivity index (χ4n) is 5.03. The van der Waals surface area contributed by atoms with Crippen molar-refractivity contribution >= 4 is 21.6 Å². The predicted molar refractivity (Wildman–Crippen MR) is 152 cm³/mol. The fraction of sp³-hybridized carbons (Fsp3) is 0.219. The number of para-hydroxylation sites is 1. The van der Waals surface area contributed by atoms with E-state index < -0.39 is 10.0 Å². The summed E-state index contributed by atoms with van der Waals surface area (Å²) in [6.07, 6.45) is 4.59. The predicted octanol–water partition coefficient (Wildman–Crippen LogP) is 6.45. The molecule has 5 rings (SSSR count). The summed E-state index contributed by atoms with van der Waals surface area (Å²) < 4.78 is 29.1. The van der Waals surface area contributed by atoms with Crippen LogP contribution in [0, 0.1) is 0 Å². The maximum atomic E-state index is 13.9. The molecule has 5 nitrogen and oxygen atoms in total. The van der Waals surface area contributed by atoms with Crippen molar-refractivity contribution in [2.24, 2.45) is 0 Å². The van der Waals surface area contributed by atoms with Crippen molar-refractivity contribution in [1.82, 2.24) is 5.32 Å². The number of aryl methyl sites for hydroxylation is 2. The first-order valence-corrected chi connectivity index (χ1v) is 14.5. The molecule has 6 heteroatoms. The highest BCUT2D eigenvalue weighted by molar-refractivity contribution is 7.92. The molecule has 0 fully saturated rings. The highest BCUT2D eigenvalue weighted by Gasteiger charge is 2.29. The molecule has 0 aliphatic heterocycles. The maximum absolute atomic E-state index is 13.9. The van der Waals surface area contributed by atoms with Gasteiger partial charge in [0.2, 0.25) is 0 Å². The summed E-state index contributed by atoms with van der Waals surface area (Å²) in [6.45, 7) is 2.07. The van der Waals surface area contributed by atoms with Gasteiger partial charge in [-0.2, -0.15) is 0 Å². The van der Waals surface area contributed by atoms with Crippen molar-refractivity contribution in [3.05, 3.63) is 131 Å². The van der Waals surface area contributed by atoms with Crippen molar-refractivity contribution in [1.29, 1.82) is 0 Å². The van der Waals surface area contributed by atoms with Gasteiger partial charge in [0.05, 0.1) is 28.7 Å². The highest BCUT2D eigenvalue weighted by Crippen LogP contribution is 2.30. The molecule has 0 bridgehead atoms. The van der Waals surface area contributed by atoms with Crippen molar-refractivity contribution in [3.8, 4) is 0 Å². The molecule has 0 aromatic heterocycles. The van der Waals surface area contributed by atoms with Gasteiger partial charge in [-0.15, -0.1) is 0 Å². The van der Waals surface area contributed by atoms with E-state index in [2.05, 4.69) is 23.5 Å². The lowest BCUT2D eigenvalue weighted by atomic mass is 9.89. The Bertz CT molecular complexity index is 1520. The second-order valence-electron chi connectivity index (χ2n) is 9.76. The van der Waals surface area contributed by atoms with Crippen molar-refractivity contribution in [3.63, 3.8) is 0 Å². The average Bonchev–Trinajstić information content (AvgIpc) is 2.96. The van der Waals surface area contributed by atoms with Crippen LogP contribution in [0.5, 0.6) is 0 Å². The van der Waals surface area contributed by atoms with E-state index in [9.17, 15) is 13.2 Å². The molecule has 194 valence electrons. The number of rotatable bonds is 8. The van der Waals surface area contributed by atoms with E-state index in [1.807, 2.05) is 37.3 Å². The number of carbonyl (C=O) groups is 1. The molecule has 1 amide bonds. The first-order chi connectivity index (χ1) is 18.4. The van der Waals surface area contributed by atoms with E-state index >= 15 is 0 Å². The normalized spacial score (nSPS) is 13.8. The quantitative estimate of drug-likeness (QED) is 0.288. The number of amides is 1. The van der Waals surface area contributed by atoms with Crippen LogP contribution in [0.15, 0.2) is 108 Å². The van der Waals surface area contributed by atoms with Crippen LogP contribution in [-0.4, -0.2) is 14.3 Å². The van der Waals surface area contributed by atoms with Gasteiger partial charge in [0.25, 0.3) is 15.9 Å². The monoisotopic (exact) mass is 524 g/mol. The molecule has 38 heavy (non-hydrogen) atoms. The number of nitrogens with zero attached hydrogens (tertiary/aromatic N) is 1. The molecule has 4 aromatic rings. The molecule has 1 aliphatic rings. The van der Waals surface area contributed by atoms with E-state index in [4.69, 9.17) is 0 Å². The minimum absolute atomic E-state index is 0.0999. The van der Waals surface area contributed by atoms with Crippen LogP contribution in [0.25, 0.3) is 0 Å². The summed E-state index contributed by atoms with van der Waals surface area (Å²) in [4.78, 5) is 13.8. The summed E-state index contributed by atoms with van der Waals surface area (Å²) in [5.41, 5.74) is 5.28. The topological polar surface area (TPSA) is 66.5 Å². The zero-order chi connectivity index (χ0) is 26.5. The molecular formula is C32H32N2O3S. The second-order valence-corrected chi connectivity index (χ2v) is 11.6. The van der Waals surface area contributed by atoms with Gasteiger partial charge in [-0.25, -0.2) is 8.42 Å². The van der Waals surface area contributed by atoms with Crippen LogP contribution in [-0.2, 0) is 29.4 Å². The Labute approximate surface area is 225 Å². The molecule has 0 saturated carbocycles. The Balaban J connectivity index is 1.48. The number of anilines is 1. The largest absolute Gasteiger partial charge is 0.345 e. The van der Waals surface area contributed by atoms with Crippen LogP contribution >= 0.6 is 0 Å². The third-order valence-electron chi connectivity index (χ3n) is 7.14. The molecule has 1 aliphatic carbocycles. The van der Waals surface area contributed by atoms with Crippen LogP contribution < -0.4 is 9.62 Å². The van der Waals surface area contributed by atoms with Gasteiger partial charge in [0.1, 0.15) is 0 Å². The lowest BCUT2D eigenvalue weighted by Gasteiger charge is -2.27. The van der Waals surface area contributed by atoms with Crippen LogP contribution in [0.3, 0.4) is 0 Å². The molecule has 4 aromatic carbocycles. The van der Waals surface area contributed by atoms with E-state index in [-0.39, 0.29) is 23.4 Å². The van der Waals surface area contributed by atoms with Crippen molar-refractivity contribution < 1.29 is 13.2 Å². The first kappa shape index (κ1) is 25.7. The summed E-state index contributed by atoms with van der Waals surface area (Å²) in [7, 11) is -3.95. The lowest BCUT2D eigenvalue weighted by Crippen LogP contribution is -2.34. The molecule has 1 atom stereocenters. The number of nitrogens with one attached hydrogen (secondary N) is 1. The Morgan fingerprint density at radius 1 is 0.816 bits per heavy atom. The number of hydrogen-bond donors (Lipinski definition) is 1. The molecule has 0 spiro atoms. The third kappa shape index (κ3) is 5.50. The number of carbonyl (C=O) groups excluding carboxylic acids is 1. The summed E-state index contributed by atoms with van der Waals surface area (Å²) in [5.74, 6) is -0.313. The number of fused-ring (bicyclic) bond motifs is 1. The highest BCUT2D eigenvalue weighted by atomic mass is 32.2. The minimum Gasteiger partial charge on any atom is -0.345 e. The smallest absolute Gasteiger partial charge is 0.264 e. The van der Waals surface area contributed by atoms with E-state index in [1.54, 1.807) is 54.6 Å². The summed E-state index contributed by atoms with van der Waals surface area (Å²) in [5, 5.41) is 3.11. The fourth-order valence-corrected chi connectivity index (χ4v) is 6.52. The van der Waals surface area contributed by atoms with Crippen LogP contribution in [0.1, 0.15) is 58.4 Å². The molecule has 1 N–H and O–H groups in total. The second kappa shape index (κ2) is 11.2. The summed E-state index contributed by atoms with van der Waals surface area (Å²) in [6, 6.07) is 30.9. The third-order valence-corrected chi connectivity index (χ3v) is 8.91. The lowest BCUT2D eigenvalue weighted by molar-refractivity contribution is 0.0940. The van der Waals surface area contributed by atoms with Gasteiger partial charge in [-0.05, 0) is 79.1 Å². The van der Waals surface area contributed by atoms with Gasteiger partial charge in [-0.3, -0.25) is 9.10 Å².